The number of likely N-dealkylation sites (N-methyl/N-ethyl adjacent to an activating group) is 1. The van der Waals surface area contributed by atoms with Crippen molar-refractivity contribution in [3.63, 3.8) is 0 Å². The summed E-state index contributed by atoms with van der Waals surface area (Å²) in [6, 6.07) is 5.68. The monoisotopic (exact) mass is 398 g/mol. The van der Waals surface area contributed by atoms with Gasteiger partial charge in [-0.15, -0.1) is 0 Å². The molecule has 1 unspecified atom stereocenters. The summed E-state index contributed by atoms with van der Waals surface area (Å²) in [6.07, 6.45) is 3.30. The van der Waals surface area contributed by atoms with Crippen LogP contribution in [-0.2, 0) is 9.59 Å². The van der Waals surface area contributed by atoms with Gasteiger partial charge in [0, 0.05) is 44.8 Å². The molecule has 8 nitrogen and oxygen atoms in total. The molecule has 0 radical (unpaired) electrons. The largest absolute Gasteiger partial charge is 0.338 e. The predicted octanol–water partition coefficient (Wildman–Crippen LogP) is 1.36. The van der Waals surface area contributed by atoms with E-state index < -0.39 is 5.92 Å². The average Bonchev–Trinajstić information content (AvgIpc) is 3.12. The van der Waals surface area contributed by atoms with Gasteiger partial charge in [-0.2, -0.15) is 0 Å². The van der Waals surface area contributed by atoms with Gasteiger partial charge < -0.3 is 20.0 Å². The number of nitrogens with zero attached hydrogens (tertiary/aromatic N) is 5. The maximum absolute atomic E-state index is 13.1. The Morgan fingerprint density at radius 1 is 1.10 bits per heavy atom. The number of hydrogen-bond donors (Lipinski definition) is 1. The van der Waals surface area contributed by atoms with Crippen molar-refractivity contribution < 1.29 is 14.0 Å². The number of halogens is 1. The Morgan fingerprint density at radius 3 is 2.41 bits per heavy atom. The molecule has 2 aliphatic rings. The fourth-order valence-corrected chi connectivity index (χ4v) is 3.55. The van der Waals surface area contributed by atoms with E-state index in [1.807, 2.05) is 0 Å². The van der Waals surface area contributed by atoms with E-state index in [-0.39, 0.29) is 30.6 Å². The minimum Gasteiger partial charge on any atom is -0.338 e. The van der Waals surface area contributed by atoms with Gasteiger partial charge in [-0.25, -0.2) is 14.4 Å². The third kappa shape index (κ3) is 4.34. The lowest BCUT2D eigenvalue weighted by molar-refractivity contribution is -0.122. The standard InChI is InChI=1S/C20H23FN6O2/c1-25-6-8-26(9-7-25)20-22-11-16(12-23-20)24-19(29)14-10-18(28)27(13-14)17-4-2-15(21)3-5-17/h2-5,11-12,14H,6-10,13H2,1H3,(H,24,29). The molecule has 152 valence electrons. The SMILES string of the molecule is CN1CCN(c2ncc(NC(=O)C3CC(=O)N(c4ccc(F)cc4)C3)cn2)CC1. The van der Waals surface area contributed by atoms with Crippen LogP contribution in [0.3, 0.4) is 0 Å². The molecule has 1 atom stereocenters. The quantitative estimate of drug-likeness (QED) is 0.838. The molecule has 2 saturated heterocycles. The number of benzene rings is 1. The van der Waals surface area contributed by atoms with Crippen LogP contribution in [0.1, 0.15) is 6.42 Å². The van der Waals surface area contributed by atoms with Crippen LogP contribution in [0.25, 0.3) is 0 Å². The summed E-state index contributed by atoms with van der Waals surface area (Å²) in [6.45, 7) is 3.91. The lowest BCUT2D eigenvalue weighted by Gasteiger charge is -2.32. The van der Waals surface area contributed by atoms with Crippen LogP contribution in [0.5, 0.6) is 0 Å². The van der Waals surface area contributed by atoms with E-state index in [0.29, 0.717) is 17.3 Å². The molecule has 0 aliphatic carbocycles. The first kappa shape index (κ1) is 19.3. The molecule has 2 aromatic rings. The highest BCUT2D eigenvalue weighted by Crippen LogP contribution is 2.26. The van der Waals surface area contributed by atoms with E-state index in [4.69, 9.17) is 0 Å². The maximum Gasteiger partial charge on any atom is 0.229 e. The molecule has 0 saturated carbocycles. The van der Waals surface area contributed by atoms with Crippen LogP contribution in [-0.4, -0.2) is 66.5 Å². The third-order valence-electron chi connectivity index (χ3n) is 5.33. The highest BCUT2D eigenvalue weighted by atomic mass is 19.1. The average molecular weight is 398 g/mol. The van der Waals surface area contributed by atoms with E-state index >= 15 is 0 Å². The van der Waals surface area contributed by atoms with Gasteiger partial charge in [0.15, 0.2) is 0 Å². The Balaban J connectivity index is 1.35. The minimum absolute atomic E-state index is 0.115. The molecular formula is C20H23FN6O2. The molecule has 2 fully saturated rings. The number of rotatable bonds is 4. The van der Waals surface area contributed by atoms with Crippen molar-refractivity contribution in [3.8, 4) is 0 Å². The molecule has 29 heavy (non-hydrogen) atoms. The van der Waals surface area contributed by atoms with Gasteiger partial charge in [0.2, 0.25) is 17.8 Å². The van der Waals surface area contributed by atoms with Gasteiger partial charge in [0.25, 0.3) is 0 Å². The van der Waals surface area contributed by atoms with Crippen molar-refractivity contribution in [2.24, 2.45) is 5.92 Å². The number of piperazine rings is 1. The first-order valence-corrected chi connectivity index (χ1v) is 9.62. The van der Waals surface area contributed by atoms with Crippen molar-refractivity contribution >= 4 is 29.1 Å². The van der Waals surface area contributed by atoms with Crippen LogP contribution in [0.4, 0.5) is 21.7 Å². The molecule has 4 rings (SSSR count). The zero-order chi connectivity index (χ0) is 20.4. The van der Waals surface area contributed by atoms with E-state index in [1.165, 1.54) is 17.0 Å². The molecule has 1 N–H and O–H groups in total. The second kappa shape index (κ2) is 8.12. The summed E-state index contributed by atoms with van der Waals surface area (Å²) in [5.41, 5.74) is 1.09. The lowest BCUT2D eigenvalue weighted by atomic mass is 10.1. The number of carbonyl (C=O) groups excluding carboxylic acids is 2. The number of nitrogens with one attached hydrogen (secondary N) is 1. The van der Waals surface area contributed by atoms with Crippen LogP contribution in [0, 0.1) is 11.7 Å². The van der Waals surface area contributed by atoms with Crippen LogP contribution in [0.2, 0.25) is 0 Å². The van der Waals surface area contributed by atoms with Crippen molar-refractivity contribution in [2.45, 2.75) is 6.42 Å². The van der Waals surface area contributed by atoms with Crippen LogP contribution < -0.4 is 15.1 Å². The van der Waals surface area contributed by atoms with Crippen molar-refractivity contribution in [1.82, 2.24) is 14.9 Å². The lowest BCUT2D eigenvalue weighted by Crippen LogP contribution is -2.45. The summed E-state index contributed by atoms with van der Waals surface area (Å²) in [5.74, 6) is -0.605. The summed E-state index contributed by atoms with van der Waals surface area (Å²) < 4.78 is 13.1. The Kier molecular flexibility index (Phi) is 5.39. The molecular weight excluding hydrogens is 375 g/mol. The number of aromatic nitrogens is 2. The van der Waals surface area contributed by atoms with Crippen LogP contribution in [0.15, 0.2) is 36.7 Å². The van der Waals surface area contributed by atoms with Gasteiger partial charge in [0.05, 0.1) is 24.0 Å². The first-order valence-electron chi connectivity index (χ1n) is 9.62. The fourth-order valence-electron chi connectivity index (χ4n) is 3.55. The Bertz CT molecular complexity index is 881. The number of anilines is 3. The second-order valence-electron chi connectivity index (χ2n) is 7.43. The van der Waals surface area contributed by atoms with Gasteiger partial charge in [0.1, 0.15) is 5.82 Å². The predicted molar refractivity (Wildman–Crippen MR) is 107 cm³/mol. The first-order chi connectivity index (χ1) is 14.0. The third-order valence-corrected chi connectivity index (χ3v) is 5.33. The highest BCUT2D eigenvalue weighted by Gasteiger charge is 2.35. The zero-order valence-corrected chi connectivity index (χ0v) is 16.2. The van der Waals surface area contributed by atoms with Gasteiger partial charge in [-0.3, -0.25) is 9.59 Å². The zero-order valence-electron chi connectivity index (χ0n) is 16.2. The van der Waals surface area contributed by atoms with Gasteiger partial charge in [-0.1, -0.05) is 0 Å². The normalized spacial score (nSPS) is 20.2. The number of amides is 2. The Hall–Kier alpha value is -3.07. The Labute approximate surface area is 168 Å². The molecule has 2 amide bonds. The fraction of sp³-hybridized carbons (Fsp3) is 0.400. The number of carbonyl (C=O) groups is 2. The summed E-state index contributed by atoms with van der Waals surface area (Å²) in [7, 11) is 2.09. The summed E-state index contributed by atoms with van der Waals surface area (Å²) in [4.78, 5) is 39.5. The second-order valence-corrected chi connectivity index (χ2v) is 7.43. The van der Waals surface area contributed by atoms with Crippen molar-refractivity contribution in [1.29, 1.82) is 0 Å². The van der Waals surface area contributed by atoms with Gasteiger partial charge in [-0.05, 0) is 31.3 Å². The molecule has 2 aliphatic heterocycles. The Morgan fingerprint density at radius 2 is 1.76 bits per heavy atom. The maximum atomic E-state index is 13.1. The van der Waals surface area contributed by atoms with Crippen LogP contribution >= 0.6 is 0 Å². The van der Waals surface area contributed by atoms with E-state index in [2.05, 4.69) is 32.1 Å². The van der Waals surface area contributed by atoms with Crippen molar-refractivity contribution in [3.05, 3.63) is 42.5 Å². The minimum atomic E-state index is -0.482. The molecule has 0 bridgehead atoms. The molecule has 9 heteroatoms. The van der Waals surface area contributed by atoms with Crippen molar-refractivity contribution in [2.75, 3.05) is 54.9 Å². The molecule has 3 heterocycles. The summed E-state index contributed by atoms with van der Waals surface area (Å²) in [5, 5.41) is 2.79. The van der Waals surface area contributed by atoms with E-state index in [1.54, 1.807) is 24.5 Å². The molecule has 1 aromatic heterocycles. The molecule has 0 spiro atoms. The molecule has 1 aromatic carbocycles. The number of hydrogen-bond acceptors (Lipinski definition) is 6. The highest BCUT2D eigenvalue weighted by molar-refractivity contribution is 6.03. The topological polar surface area (TPSA) is 81.7 Å². The van der Waals surface area contributed by atoms with E-state index in [9.17, 15) is 14.0 Å². The van der Waals surface area contributed by atoms with Gasteiger partial charge >= 0.3 is 0 Å². The summed E-state index contributed by atoms with van der Waals surface area (Å²) >= 11 is 0. The smallest absolute Gasteiger partial charge is 0.229 e. The van der Waals surface area contributed by atoms with E-state index in [0.717, 1.165) is 26.2 Å².